The summed E-state index contributed by atoms with van der Waals surface area (Å²) in [5, 5.41) is 0. The van der Waals surface area contributed by atoms with Crippen molar-refractivity contribution in [2.24, 2.45) is 0 Å². The first-order valence-electron chi connectivity index (χ1n) is 6.96. The van der Waals surface area contributed by atoms with Crippen molar-refractivity contribution in [2.45, 2.75) is 39.8 Å². The predicted molar refractivity (Wildman–Crippen MR) is 81.3 cm³/mol. The molecule has 0 spiro atoms. The Morgan fingerprint density at radius 1 is 1.42 bits per heavy atom. The number of imidazole rings is 1. The van der Waals surface area contributed by atoms with Crippen LogP contribution in [0, 0.1) is 6.92 Å². The number of hydrogen-bond acceptors (Lipinski definition) is 3. The van der Waals surface area contributed by atoms with Crippen molar-refractivity contribution in [1.29, 1.82) is 0 Å². The quantitative estimate of drug-likeness (QED) is 0.899. The normalized spacial score (nSPS) is 13.3. The molecule has 2 aromatic rings. The van der Waals surface area contributed by atoms with Gasteiger partial charge in [0.2, 0.25) is 5.95 Å². The fourth-order valence-electron chi connectivity index (χ4n) is 2.33. The van der Waals surface area contributed by atoms with Crippen LogP contribution in [0.3, 0.4) is 0 Å². The molecule has 0 amide bonds. The zero-order chi connectivity index (χ0) is 14.0. The van der Waals surface area contributed by atoms with Crippen LogP contribution >= 0.6 is 0 Å². The molecule has 0 saturated carbocycles. The minimum atomic E-state index is 0.595. The first kappa shape index (κ1) is 13.9. The Morgan fingerprint density at radius 3 is 2.84 bits per heavy atom. The fourth-order valence-corrected chi connectivity index (χ4v) is 2.33. The second kappa shape index (κ2) is 5.61. The van der Waals surface area contributed by atoms with Gasteiger partial charge >= 0.3 is 0 Å². The largest absolute Gasteiger partial charge is 0.369 e. The van der Waals surface area contributed by atoms with E-state index in [-0.39, 0.29) is 0 Å². The van der Waals surface area contributed by atoms with E-state index in [0.29, 0.717) is 12.0 Å². The number of nitrogen functional groups attached to an aromatic ring is 1. The molecule has 2 rings (SSSR count). The van der Waals surface area contributed by atoms with Crippen molar-refractivity contribution in [2.75, 3.05) is 19.3 Å². The molecular formula is C15H24N4. The lowest BCUT2D eigenvalue weighted by molar-refractivity contribution is 0.244. The SMILES string of the molecule is CCC(C)N(C)CCn1c(N)nc2c(C)cccc21. The highest BCUT2D eigenvalue weighted by Gasteiger charge is 2.11. The lowest BCUT2D eigenvalue weighted by atomic mass is 10.2. The molecule has 0 saturated heterocycles. The van der Waals surface area contributed by atoms with Crippen LogP contribution in [0.25, 0.3) is 11.0 Å². The van der Waals surface area contributed by atoms with E-state index in [1.165, 1.54) is 5.56 Å². The summed E-state index contributed by atoms with van der Waals surface area (Å²) in [6, 6.07) is 6.82. The summed E-state index contributed by atoms with van der Waals surface area (Å²) in [5.74, 6) is 0.613. The van der Waals surface area contributed by atoms with Gasteiger partial charge in [0.05, 0.1) is 11.0 Å². The van der Waals surface area contributed by atoms with Gasteiger partial charge in [0.1, 0.15) is 0 Å². The third-order valence-electron chi connectivity index (χ3n) is 4.03. The molecule has 0 radical (unpaired) electrons. The number of nitrogens with zero attached hydrogens (tertiary/aromatic N) is 3. The first-order chi connectivity index (χ1) is 9.04. The number of benzene rings is 1. The van der Waals surface area contributed by atoms with Gasteiger partial charge in [-0.25, -0.2) is 4.98 Å². The van der Waals surface area contributed by atoms with E-state index in [1.807, 2.05) is 0 Å². The third-order valence-corrected chi connectivity index (χ3v) is 4.03. The maximum absolute atomic E-state index is 6.05. The number of fused-ring (bicyclic) bond motifs is 1. The summed E-state index contributed by atoms with van der Waals surface area (Å²) in [6.45, 7) is 8.40. The van der Waals surface area contributed by atoms with Crippen LogP contribution in [0.15, 0.2) is 18.2 Å². The van der Waals surface area contributed by atoms with Gasteiger partial charge in [0, 0.05) is 19.1 Å². The molecule has 2 N–H and O–H groups in total. The highest BCUT2D eigenvalue weighted by Crippen LogP contribution is 2.20. The first-order valence-corrected chi connectivity index (χ1v) is 6.96. The van der Waals surface area contributed by atoms with E-state index in [2.05, 4.69) is 60.5 Å². The molecule has 1 unspecified atom stereocenters. The highest BCUT2D eigenvalue weighted by atomic mass is 15.2. The Morgan fingerprint density at radius 2 is 2.16 bits per heavy atom. The van der Waals surface area contributed by atoms with E-state index >= 15 is 0 Å². The van der Waals surface area contributed by atoms with Crippen molar-refractivity contribution in [3.8, 4) is 0 Å². The van der Waals surface area contributed by atoms with Crippen LogP contribution in [-0.4, -0.2) is 34.1 Å². The van der Waals surface area contributed by atoms with E-state index < -0.39 is 0 Å². The number of para-hydroxylation sites is 1. The molecule has 4 nitrogen and oxygen atoms in total. The van der Waals surface area contributed by atoms with Gasteiger partial charge in [-0.3, -0.25) is 0 Å². The molecule has 1 heterocycles. The van der Waals surface area contributed by atoms with Crippen LogP contribution in [0.1, 0.15) is 25.8 Å². The van der Waals surface area contributed by atoms with Crippen molar-refractivity contribution in [1.82, 2.24) is 14.5 Å². The van der Waals surface area contributed by atoms with Gasteiger partial charge in [-0.2, -0.15) is 0 Å². The lowest BCUT2D eigenvalue weighted by Crippen LogP contribution is -2.31. The molecule has 0 aliphatic rings. The van der Waals surface area contributed by atoms with Crippen LogP contribution in [0.4, 0.5) is 5.95 Å². The molecule has 0 fully saturated rings. The van der Waals surface area contributed by atoms with Crippen molar-refractivity contribution in [3.63, 3.8) is 0 Å². The molecular weight excluding hydrogens is 236 g/mol. The molecule has 19 heavy (non-hydrogen) atoms. The lowest BCUT2D eigenvalue weighted by Gasteiger charge is -2.23. The summed E-state index contributed by atoms with van der Waals surface area (Å²) < 4.78 is 2.11. The number of likely N-dealkylation sites (N-methyl/N-ethyl adjacent to an activating group) is 1. The predicted octanol–water partition coefficient (Wildman–Crippen LogP) is 2.66. The minimum Gasteiger partial charge on any atom is -0.369 e. The summed E-state index contributed by atoms with van der Waals surface area (Å²) in [4.78, 5) is 6.84. The smallest absolute Gasteiger partial charge is 0.201 e. The Hall–Kier alpha value is -1.55. The molecule has 0 bridgehead atoms. The molecule has 104 valence electrons. The van der Waals surface area contributed by atoms with Crippen molar-refractivity contribution < 1.29 is 0 Å². The van der Waals surface area contributed by atoms with Crippen LogP contribution in [0.2, 0.25) is 0 Å². The maximum atomic E-state index is 6.05. The molecule has 1 atom stereocenters. The number of rotatable bonds is 5. The monoisotopic (exact) mass is 260 g/mol. The van der Waals surface area contributed by atoms with Crippen LogP contribution in [-0.2, 0) is 6.54 Å². The van der Waals surface area contributed by atoms with Crippen LogP contribution in [0.5, 0.6) is 0 Å². The average Bonchev–Trinajstić information content (AvgIpc) is 2.72. The van der Waals surface area contributed by atoms with Crippen molar-refractivity contribution in [3.05, 3.63) is 23.8 Å². The van der Waals surface area contributed by atoms with Gasteiger partial charge in [-0.15, -0.1) is 0 Å². The van der Waals surface area contributed by atoms with E-state index in [9.17, 15) is 0 Å². The van der Waals surface area contributed by atoms with E-state index in [4.69, 9.17) is 5.73 Å². The molecule has 1 aromatic carbocycles. The topological polar surface area (TPSA) is 47.1 Å². The number of hydrogen-bond donors (Lipinski definition) is 1. The van der Waals surface area contributed by atoms with Crippen molar-refractivity contribution >= 4 is 17.0 Å². The van der Waals surface area contributed by atoms with E-state index in [1.54, 1.807) is 0 Å². The summed E-state index contributed by atoms with van der Waals surface area (Å²) >= 11 is 0. The summed E-state index contributed by atoms with van der Waals surface area (Å²) in [5.41, 5.74) is 9.38. The molecule has 1 aromatic heterocycles. The van der Waals surface area contributed by atoms with Gasteiger partial charge in [0.25, 0.3) is 0 Å². The third kappa shape index (κ3) is 2.73. The summed E-state index contributed by atoms with van der Waals surface area (Å²) in [7, 11) is 2.16. The van der Waals surface area contributed by atoms with Crippen LogP contribution < -0.4 is 5.73 Å². The fraction of sp³-hybridized carbons (Fsp3) is 0.533. The Kier molecular flexibility index (Phi) is 4.10. The summed E-state index contributed by atoms with van der Waals surface area (Å²) in [6.07, 6.45) is 1.16. The van der Waals surface area contributed by atoms with Gasteiger partial charge in [-0.05, 0) is 38.9 Å². The standard InChI is InChI=1S/C15H24N4/c1-5-12(3)18(4)9-10-19-13-8-6-7-11(2)14(13)17-15(19)16/h6-8,12H,5,9-10H2,1-4H3,(H2,16,17). The minimum absolute atomic E-state index is 0.595. The Labute approximate surface area is 115 Å². The van der Waals surface area contributed by atoms with E-state index in [0.717, 1.165) is 30.5 Å². The zero-order valence-corrected chi connectivity index (χ0v) is 12.3. The zero-order valence-electron chi connectivity index (χ0n) is 12.3. The second-order valence-electron chi connectivity index (χ2n) is 5.30. The second-order valence-corrected chi connectivity index (χ2v) is 5.30. The molecule has 4 heteroatoms. The Balaban J connectivity index is 2.21. The Bertz CT molecular complexity index is 559. The average molecular weight is 260 g/mol. The van der Waals surface area contributed by atoms with Gasteiger partial charge in [0.15, 0.2) is 0 Å². The number of aryl methyl sites for hydroxylation is 1. The van der Waals surface area contributed by atoms with Gasteiger partial charge in [-0.1, -0.05) is 19.1 Å². The maximum Gasteiger partial charge on any atom is 0.201 e. The number of aromatic nitrogens is 2. The number of nitrogens with two attached hydrogens (primary N) is 1. The van der Waals surface area contributed by atoms with Gasteiger partial charge < -0.3 is 15.2 Å². The molecule has 0 aliphatic carbocycles. The number of anilines is 1. The molecule has 0 aliphatic heterocycles. The highest BCUT2D eigenvalue weighted by molar-refractivity contribution is 5.81.